The molecular weight excluding hydrogens is 166 g/mol. The lowest BCUT2D eigenvalue weighted by molar-refractivity contribution is 0.0308. The van der Waals surface area contributed by atoms with Crippen molar-refractivity contribution in [2.45, 2.75) is 13.0 Å². The van der Waals surface area contributed by atoms with Gasteiger partial charge in [0.2, 0.25) is 0 Å². The summed E-state index contributed by atoms with van der Waals surface area (Å²) in [6, 6.07) is 0.507. The maximum atomic E-state index is 5.29. The maximum Gasteiger partial charge on any atom is 0.0594 e. The summed E-state index contributed by atoms with van der Waals surface area (Å²) in [5.74, 6) is 0. The first-order valence-electron chi connectivity index (χ1n) is 4.92. The van der Waals surface area contributed by atoms with Gasteiger partial charge in [0.25, 0.3) is 0 Å². The topological polar surface area (TPSA) is 27.7 Å². The van der Waals surface area contributed by atoms with Gasteiger partial charge in [-0.05, 0) is 6.92 Å². The Morgan fingerprint density at radius 2 is 2.00 bits per heavy atom. The van der Waals surface area contributed by atoms with Gasteiger partial charge in [0.1, 0.15) is 0 Å². The van der Waals surface area contributed by atoms with Gasteiger partial charge in [-0.15, -0.1) is 0 Å². The van der Waals surface area contributed by atoms with Gasteiger partial charge in [-0.25, -0.2) is 0 Å². The van der Waals surface area contributed by atoms with E-state index in [0.29, 0.717) is 6.04 Å². The second kappa shape index (κ2) is 5.54. The first-order chi connectivity index (χ1) is 6.18. The van der Waals surface area contributed by atoms with Crippen molar-refractivity contribution >= 4 is 0 Å². The zero-order valence-electron chi connectivity index (χ0n) is 8.92. The minimum absolute atomic E-state index is 0.507. The molecule has 0 aromatic heterocycles. The zero-order chi connectivity index (χ0) is 9.68. The molecule has 0 aromatic carbocycles. The molecule has 1 heterocycles. The molecule has 0 radical (unpaired) electrons. The largest absolute Gasteiger partial charge is 0.379 e. The maximum absolute atomic E-state index is 5.29. The summed E-state index contributed by atoms with van der Waals surface area (Å²) in [6.45, 7) is 7.21. The number of hydrogen-bond donors (Lipinski definition) is 1. The summed E-state index contributed by atoms with van der Waals surface area (Å²) in [5.41, 5.74) is 3.34. The Kier molecular flexibility index (Phi) is 4.66. The van der Waals surface area contributed by atoms with Gasteiger partial charge in [-0.3, -0.25) is 15.3 Å². The van der Waals surface area contributed by atoms with Crippen LogP contribution in [0.15, 0.2) is 0 Å². The van der Waals surface area contributed by atoms with Crippen LogP contribution >= 0.6 is 0 Å². The van der Waals surface area contributed by atoms with E-state index in [0.717, 1.165) is 32.8 Å². The third-order valence-electron chi connectivity index (χ3n) is 2.11. The van der Waals surface area contributed by atoms with Crippen LogP contribution in [-0.2, 0) is 4.74 Å². The highest BCUT2D eigenvalue weighted by Crippen LogP contribution is 1.98. The Labute approximate surface area is 80.8 Å². The van der Waals surface area contributed by atoms with E-state index in [1.165, 1.54) is 0 Å². The van der Waals surface area contributed by atoms with Crippen molar-refractivity contribution in [3.05, 3.63) is 0 Å². The molecule has 1 fully saturated rings. The fraction of sp³-hybridized carbons (Fsp3) is 1.00. The molecule has 1 aliphatic heterocycles. The van der Waals surface area contributed by atoms with Crippen LogP contribution in [0.4, 0.5) is 0 Å². The number of morpholine rings is 1. The molecule has 0 aromatic rings. The number of nitrogens with one attached hydrogen (secondary N) is 1. The lowest BCUT2D eigenvalue weighted by atomic mass is 10.3. The van der Waals surface area contributed by atoms with Crippen LogP contribution in [0.2, 0.25) is 0 Å². The average Bonchev–Trinajstić information content (AvgIpc) is 2.04. The third kappa shape index (κ3) is 4.57. The molecule has 0 spiro atoms. The van der Waals surface area contributed by atoms with Crippen molar-refractivity contribution in [2.75, 3.05) is 46.9 Å². The molecule has 0 bridgehead atoms. The standard InChI is InChI=1S/C9H21N3O/c1-9(10-11(2)3)8-12-4-6-13-7-5-12/h9-10H,4-8H2,1-3H3. The Balaban J connectivity index is 2.14. The van der Waals surface area contributed by atoms with Gasteiger partial charge < -0.3 is 4.74 Å². The Bertz CT molecular complexity index is 135. The van der Waals surface area contributed by atoms with Gasteiger partial charge in [0, 0.05) is 39.8 Å². The van der Waals surface area contributed by atoms with Crippen LogP contribution in [0.25, 0.3) is 0 Å². The van der Waals surface area contributed by atoms with Gasteiger partial charge >= 0.3 is 0 Å². The molecule has 1 atom stereocenters. The molecule has 0 aliphatic carbocycles. The molecule has 0 saturated carbocycles. The predicted molar refractivity (Wildman–Crippen MR) is 53.5 cm³/mol. The smallest absolute Gasteiger partial charge is 0.0594 e. The summed E-state index contributed by atoms with van der Waals surface area (Å²) in [7, 11) is 4.05. The summed E-state index contributed by atoms with van der Waals surface area (Å²) < 4.78 is 5.29. The summed E-state index contributed by atoms with van der Waals surface area (Å²) in [6.07, 6.45) is 0. The van der Waals surface area contributed by atoms with E-state index in [-0.39, 0.29) is 0 Å². The monoisotopic (exact) mass is 187 g/mol. The number of rotatable bonds is 4. The molecule has 1 unspecified atom stereocenters. The second-order valence-corrected chi connectivity index (χ2v) is 3.84. The van der Waals surface area contributed by atoms with Crippen molar-refractivity contribution in [3.63, 3.8) is 0 Å². The number of ether oxygens (including phenoxy) is 1. The molecule has 1 saturated heterocycles. The van der Waals surface area contributed by atoms with Crippen molar-refractivity contribution in [2.24, 2.45) is 0 Å². The van der Waals surface area contributed by atoms with E-state index in [1.807, 2.05) is 19.1 Å². The number of nitrogens with zero attached hydrogens (tertiary/aromatic N) is 2. The molecule has 13 heavy (non-hydrogen) atoms. The first-order valence-corrected chi connectivity index (χ1v) is 4.92. The Morgan fingerprint density at radius 1 is 1.38 bits per heavy atom. The minimum Gasteiger partial charge on any atom is -0.379 e. The first kappa shape index (κ1) is 10.9. The highest BCUT2D eigenvalue weighted by molar-refractivity contribution is 4.68. The van der Waals surface area contributed by atoms with Crippen LogP contribution in [0.1, 0.15) is 6.92 Å². The zero-order valence-corrected chi connectivity index (χ0v) is 8.92. The van der Waals surface area contributed by atoms with Gasteiger partial charge in [-0.2, -0.15) is 0 Å². The summed E-state index contributed by atoms with van der Waals surface area (Å²) >= 11 is 0. The SMILES string of the molecule is CC(CN1CCOCC1)NN(C)C. The van der Waals surface area contributed by atoms with Crippen LogP contribution < -0.4 is 5.43 Å². The third-order valence-corrected chi connectivity index (χ3v) is 2.11. The number of hydrogen-bond acceptors (Lipinski definition) is 4. The molecule has 4 nitrogen and oxygen atoms in total. The van der Waals surface area contributed by atoms with E-state index in [2.05, 4.69) is 17.2 Å². The van der Waals surface area contributed by atoms with E-state index < -0.39 is 0 Å². The van der Waals surface area contributed by atoms with Gasteiger partial charge in [0.15, 0.2) is 0 Å². The molecular formula is C9H21N3O. The van der Waals surface area contributed by atoms with Gasteiger partial charge in [-0.1, -0.05) is 0 Å². The van der Waals surface area contributed by atoms with E-state index in [9.17, 15) is 0 Å². The normalized spacial score (nSPS) is 22.2. The second-order valence-electron chi connectivity index (χ2n) is 3.84. The van der Waals surface area contributed by atoms with Crippen molar-refractivity contribution in [3.8, 4) is 0 Å². The van der Waals surface area contributed by atoms with Crippen molar-refractivity contribution < 1.29 is 4.74 Å². The summed E-state index contributed by atoms with van der Waals surface area (Å²) in [4.78, 5) is 2.44. The highest BCUT2D eigenvalue weighted by Gasteiger charge is 2.13. The fourth-order valence-corrected chi connectivity index (χ4v) is 1.65. The van der Waals surface area contributed by atoms with E-state index in [1.54, 1.807) is 0 Å². The van der Waals surface area contributed by atoms with E-state index in [4.69, 9.17) is 4.74 Å². The molecule has 1 rings (SSSR count). The number of hydrazine groups is 1. The Hall–Kier alpha value is -0.160. The van der Waals surface area contributed by atoms with Crippen molar-refractivity contribution in [1.29, 1.82) is 0 Å². The molecule has 1 aliphatic rings. The molecule has 0 amide bonds. The Morgan fingerprint density at radius 3 is 2.54 bits per heavy atom. The molecule has 4 heteroatoms. The molecule has 1 N–H and O–H groups in total. The van der Waals surface area contributed by atoms with Crippen LogP contribution in [0, 0.1) is 0 Å². The lowest BCUT2D eigenvalue weighted by Gasteiger charge is -2.30. The quantitative estimate of drug-likeness (QED) is 0.616. The summed E-state index contributed by atoms with van der Waals surface area (Å²) in [5, 5.41) is 2.01. The predicted octanol–water partition coefficient (Wildman–Crippen LogP) is -0.227. The van der Waals surface area contributed by atoms with Crippen molar-refractivity contribution in [1.82, 2.24) is 15.3 Å². The average molecular weight is 187 g/mol. The van der Waals surface area contributed by atoms with Crippen LogP contribution in [0.5, 0.6) is 0 Å². The van der Waals surface area contributed by atoms with E-state index >= 15 is 0 Å². The fourth-order valence-electron chi connectivity index (χ4n) is 1.65. The van der Waals surface area contributed by atoms with Gasteiger partial charge in [0.05, 0.1) is 13.2 Å². The highest BCUT2D eigenvalue weighted by atomic mass is 16.5. The van der Waals surface area contributed by atoms with Crippen LogP contribution in [-0.4, -0.2) is 62.9 Å². The minimum atomic E-state index is 0.507. The lowest BCUT2D eigenvalue weighted by Crippen LogP contribution is -2.47. The molecule has 78 valence electrons. The van der Waals surface area contributed by atoms with Crippen LogP contribution in [0.3, 0.4) is 0 Å².